The average Bonchev–Trinajstić information content (AvgIpc) is 3.05. The minimum Gasteiger partial charge on any atom is -0.506 e. The van der Waals surface area contributed by atoms with E-state index in [1.165, 1.54) is 18.2 Å². The van der Waals surface area contributed by atoms with Gasteiger partial charge in [-0.3, -0.25) is 4.79 Å². The van der Waals surface area contributed by atoms with Gasteiger partial charge in [-0.1, -0.05) is 27.5 Å². The summed E-state index contributed by atoms with van der Waals surface area (Å²) in [5, 5.41) is 19.7. The summed E-state index contributed by atoms with van der Waals surface area (Å²) < 4.78 is 10.7. The molecule has 0 aliphatic rings. The van der Waals surface area contributed by atoms with E-state index in [4.69, 9.17) is 21.1 Å². The van der Waals surface area contributed by atoms with Crippen molar-refractivity contribution in [3.05, 3.63) is 53.6 Å². The van der Waals surface area contributed by atoms with Gasteiger partial charge in [0.05, 0.1) is 29.4 Å². The molecule has 1 heterocycles. The molecule has 0 saturated carbocycles. The summed E-state index contributed by atoms with van der Waals surface area (Å²) in [4.78, 5) is 38.1. The van der Waals surface area contributed by atoms with Crippen LogP contribution in [-0.2, 0) is 20.7 Å². The number of hydrogen-bond donors (Lipinski definition) is 1. The molecule has 10 heteroatoms. The fourth-order valence-corrected chi connectivity index (χ4v) is 4.85. The van der Waals surface area contributed by atoms with Crippen LogP contribution in [-0.4, -0.2) is 36.0 Å². The van der Waals surface area contributed by atoms with Crippen LogP contribution in [0.25, 0.3) is 6.08 Å². The second-order valence-corrected chi connectivity index (χ2v) is 8.82. The van der Waals surface area contributed by atoms with Gasteiger partial charge in [0, 0.05) is 21.3 Å². The van der Waals surface area contributed by atoms with Crippen molar-refractivity contribution in [2.24, 2.45) is 0 Å². The maximum atomic E-state index is 12.9. The number of Topliss-reactive ketones (excluding diaryl/α,β-unsaturated/α-hetero) is 1. The number of benzene rings is 1. The first kappa shape index (κ1) is 25.6. The van der Waals surface area contributed by atoms with E-state index in [-0.39, 0.29) is 56.9 Å². The summed E-state index contributed by atoms with van der Waals surface area (Å²) in [5.74, 6) is -2.16. The highest BCUT2D eigenvalue weighted by Gasteiger charge is 2.28. The summed E-state index contributed by atoms with van der Waals surface area (Å²) in [7, 11) is 0. The Kier molecular flexibility index (Phi) is 9.01. The Morgan fingerprint density at radius 3 is 2.44 bits per heavy atom. The zero-order chi connectivity index (χ0) is 24.0. The molecular weight excluding hydrogens is 522 g/mol. The van der Waals surface area contributed by atoms with Gasteiger partial charge < -0.3 is 14.6 Å². The highest BCUT2D eigenvalue weighted by molar-refractivity contribution is 9.10. The number of esters is 2. The maximum Gasteiger partial charge on any atom is 0.348 e. The third-order valence-corrected chi connectivity index (χ3v) is 6.28. The van der Waals surface area contributed by atoms with Gasteiger partial charge >= 0.3 is 11.9 Å². The number of carbonyl (C=O) groups excluding carboxylic acids is 3. The molecule has 0 aliphatic carbocycles. The third kappa shape index (κ3) is 5.76. The summed E-state index contributed by atoms with van der Waals surface area (Å²) in [6, 6.07) is 4.79. The third-order valence-electron chi connectivity index (χ3n) is 4.26. The Balaban J connectivity index is 2.49. The van der Waals surface area contributed by atoms with Crippen molar-refractivity contribution in [2.45, 2.75) is 27.2 Å². The molecule has 1 aromatic heterocycles. The van der Waals surface area contributed by atoms with Crippen molar-refractivity contribution < 1.29 is 29.0 Å². The second-order valence-electron chi connectivity index (χ2n) is 6.39. The lowest BCUT2D eigenvalue weighted by atomic mass is 10.0. The van der Waals surface area contributed by atoms with E-state index < -0.39 is 17.7 Å². The number of halogens is 2. The fourth-order valence-electron chi connectivity index (χ4n) is 2.83. The lowest BCUT2D eigenvalue weighted by molar-refractivity contribution is -0.114. The molecule has 7 nitrogen and oxygen atoms in total. The molecule has 0 amide bonds. The lowest BCUT2D eigenvalue weighted by Crippen LogP contribution is -2.12. The molecule has 0 bridgehead atoms. The highest BCUT2D eigenvalue weighted by Crippen LogP contribution is 2.34. The van der Waals surface area contributed by atoms with Crippen LogP contribution in [0.5, 0.6) is 5.75 Å². The number of phenolic OH excluding ortho intramolecular Hbond substituents is 1. The molecule has 1 N–H and O–H groups in total. The van der Waals surface area contributed by atoms with Crippen molar-refractivity contribution in [1.29, 1.82) is 5.26 Å². The van der Waals surface area contributed by atoms with Crippen LogP contribution in [0.1, 0.15) is 49.9 Å². The summed E-state index contributed by atoms with van der Waals surface area (Å²) in [6.07, 6.45) is 0.895. The zero-order valence-electron chi connectivity index (χ0n) is 17.5. The second kappa shape index (κ2) is 11.3. The van der Waals surface area contributed by atoms with E-state index in [9.17, 15) is 24.8 Å². The quantitative estimate of drug-likeness (QED) is 0.276. The van der Waals surface area contributed by atoms with Gasteiger partial charge in [-0.15, -0.1) is 11.3 Å². The van der Waals surface area contributed by atoms with Crippen molar-refractivity contribution >= 4 is 62.7 Å². The first-order valence-corrected chi connectivity index (χ1v) is 11.4. The normalized spacial score (nSPS) is 11.1. The number of thiophene rings is 1. The molecule has 1 aromatic carbocycles. The minimum absolute atomic E-state index is 0.0490. The minimum atomic E-state index is -0.668. The van der Waals surface area contributed by atoms with Crippen LogP contribution in [0.3, 0.4) is 0 Å². The van der Waals surface area contributed by atoms with E-state index in [0.29, 0.717) is 10.0 Å². The van der Waals surface area contributed by atoms with E-state index in [1.54, 1.807) is 20.8 Å². The number of rotatable bonds is 8. The van der Waals surface area contributed by atoms with Gasteiger partial charge in [0.2, 0.25) is 0 Å². The molecule has 168 valence electrons. The zero-order valence-corrected chi connectivity index (χ0v) is 20.6. The van der Waals surface area contributed by atoms with Crippen molar-refractivity contribution in [3.63, 3.8) is 0 Å². The number of ketones is 1. The summed E-state index contributed by atoms with van der Waals surface area (Å²) >= 11 is 10.1. The Morgan fingerprint density at radius 1 is 1.22 bits per heavy atom. The van der Waals surface area contributed by atoms with E-state index in [2.05, 4.69) is 15.9 Å². The standard InChI is InChI=1S/C22H19BrClNO6S/c1-4-30-21(28)18-11(3)20(22(29)31-5-2)32-17(18)9-16(26)13(10-25)6-12-7-14(23)8-15(24)19(12)27/h6-8,27H,4-5,9H2,1-3H3. The molecule has 0 fully saturated rings. The predicted molar refractivity (Wildman–Crippen MR) is 124 cm³/mol. The molecule has 0 saturated heterocycles. The molecule has 0 atom stereocenters. The lowest BCUT2D eigenvalue weighted by Gasteiger charge is -2.06. The molecule has 0 spiro atoms. The van der Waals surface area contributed by atoms with Crippen molar-refractivity contribution in [2.75, 3.05) is 13.2 Å². The number of carbonyl (C=O) groups is 3. The molecule has 2 rings (SSSR count). The van der Waals surface area contributed by atoms with Crippen molar-refractivity contribution in [1.82, 2.24) is 0 Å². The van der Waals surface area contributed by atoms with Gasteiger partial charge in [0.1, 0.15) is 16.7 Å². The number of nitriles is 1. The van der Waals surface area contributed by atoms with Crippen LogP contribution in [0.4, 0.5) is 0 Å². The summed E-state index contributed by atoms with van der Waals surface area (Å²) in [6.45, 7) is 5.14. The van der Waals surface area contributed by atoms with Crippen LogP contribution in [0.15, 0.2) is 22.2 Å². The molecule has 32 heavy (non-hydrogen) atoms. The molecule has 0 aliphatic heterocycles. The van der Waals surface area contributed by atoms with Crippen LogP contribution >= 0.6 is 38.9 Å². The fraction of sp³-hybridized carbons (Fsp3) is 0.273. The van der Waals surface area contributed by atoms with Crippen LogP contribution in [0, 0.1) is 18.3 Å². The first-order valence-electron chi connectivity index (χ1n) is 9.43. The number of aromatic hydroxyl groups is 1. The van der Waals surface area contributed by atoms with E-state index in [1.807, 2.05) is 6.07 Å². The average molecular weight is 541 g/mol. The summed E-state index contributed by atoms with van der Waals surface area (Å²) in [5.41, 5.74) is 0.384. The molecule has 2 aromatic rings. The Morgan fingerprint density at radius 2 is 1.84 bits per heavy atom. The topological polar surface area (TPSA) is 114 Å². The van der Waals surface area contributed by atoms with Gasteiger partial charge in [0.25, 0.3) is 0 Å². The molecular formula is C22H19BrClNO6S. The van der Waals surface area contributed by atoms with Crippen molar-refractivity contribution in [3.8, 4) is 11.8 Å². The molecule has 0 radical (unpaired) electrons. The van der Waals surface area contributed by atoms with E-state index in [0.717, 1.165) is 11.3 Å². The largest absolute Gasteiger partial charge is 0.506 e. The number of ether oxygens (including phenoxy) is 2. The number of nitrogens with zero attached hydrogens (tertiary/aromatic N) is 1. The highest BCUT2D eigenvalue weighted by atomic mass is 79.9. The Labute approximate surface area is 202 Å². The van der Waals surface area contributed by atoms with Gasteiger partial charge in [-0.05, 0) is 44.5 Å². The van der Waals surface area contributed by atoms with Gasteiger partial charge in [-0.2, -0.15) is 5.26 Å². The number of allylic oxidation sites excluding steroid dienone is 1. The monoisotopic (exact) mass is 539 g/mol. The van der Waals surface area contributed by atoms with E-state index >= 15 is 0 Å². The maximum absolute atomic E-state index is 12.9. The Bertz CT molecular complexity index is 1150. The first-order chi connectivity index (χ1) is 15.1. The SMILES string of the molecule is CCOC(=O)c1sc(CC(=O)C(C#N)=Cc2cc(Br)cc(Cl)c2O)c(C(=O)OCC)c1C. The van der Waals surface area contributed by atoms with Gasteiger partial charge in [0.15, 0.2) is 5.78 Å². The van der Waals surface area contributed by atoms with Gasteiger partial charge in [-0.25, -0.2) is 9.59 Å². The molecule has 0 unspecified atom stereocenters. The Hall–Kier alpha value is -2.67. The number of hydrogen-bond acceptors (Lipinski definition) is 8. The predicted octanol–water partition coefficient (Wildman–Crippen LogP) is 5.25. The van der Waals surface area contributed by atoms with Crippen LogP contribution < -0.4 is 0 Å². The smallest absolute Gasteiger partial charge is 0.348 e. The van der Waals surface area contributed by atoms with Crippen LogP contribution in [0.2, 0.25) is 5.02 Å². The number of phenols is 1.